The summed E-state index contributed by atoms with van der Waals surface area (Å²) in [5.41, 5.74) is 3.89. The van der Waals surface area contributed by atoms with Crippen LogP contribution in [0.25, 0.3) is 10.9 Å². The molecule has 7 heteroatoms. The molecule has 0 saturated carbocycles. The van der Waals surface area contributed by atoms with Gasteiger partial charge < -0.3 is 24.8 Å². The van der Waals surface area contributed by atoms with Gasteiger partial charge in [-0.2, -0.15) is 0 Å². The van der Waals surface area contributed by atoms with Crippen LogP contribution in [0.4, 0.5) is 0 Å². The van der Waals surface area contributed by atoms with Gasteiger partial charge in [-0.05, 0) is 87.5 Å². The molecule has 3 rings (SSSR count). The summed E-state index contributed by atoms with van der Waals surface area (Å²) in [5.74, 6) is 0. The molecule has 1 atom stereocenters. The molecule has 1 aromatic carbocycles. The first-order valence-electron chi connectivity index (χ1n) is 11.9. The van der Waals surface area contributed by atoms with Crippen LogP contribution in [0.5, 0.6) is 0 Å². The summed E-state index contributed by atoms with van der Waals surface area (Å²) in [6.45, 7) is 14.5. The molecule has 0 amide bonds. The molecule has 2 aromatic rings. The molecule has 6 nitrogen and oxygen atoms in total. The molecule has 1 saturated heterocycles. The summed E-state index contributed by atoms with van der Waals surface area (Å²) >= 11 is 5.76. The Morgan fingerprint density at radius 3 is 2.75 bits per heavy atom. The zero-order chi connectivity index (χ0) is 23.1. The van der Waals surface area contributed by atoms with E-state index in [2.05, 4.69) is 53.0 Å². The summed E-state index contributed by atoms with van der Waals surface area (Å²) in [5, 5.41) is 5.16. The van der Waals surface area contributed by atoms with Gasteiger partial charge >= 0.3 is 0 Å². The van der Waals surface area contributed by atoms with Gasteiger partial charge in [0, 0.05) is 25.3 Å². The molecule has 0 aliphatic carbocycles. The maximum Gasteiger partial charge on any atom is 0.253 e. The Bertz CT molecular complexity index is 964. The van der Waals surface area contributed by atoms with Crippen molar-refractivity contribution in [1.29, 1.82) is 0 Å². The molecule has 1 fully saturated rings. The number of ether oxygens (including phenoxy) is 1. The summed E-state index contributed by atoms with van der Waals surface area (Å²) < 4.78 is 5.87. The van der Waals surface area contributed by atoms with E-state index in [1.165, 1.54) is 5.56 Å². The SMILES string of the molecule is CCN(CC)CCCNC(=S)N(Cc1cc2ccc(C)c(C)c2[nH]c1=O)C[C@H]1CCCO1. The van der Waals surface area contributed by atoms with E-state index in [-0.39, 0.29) is 11.7 Å². The quantitative estimate of drug-likeness (QED) is 0.418. The third kappa shape index (κ3) is 6.30. The number of fused-ring (bicyclic) bond motifs is 1. The number of hydrogen-bond acceptors (Lipinski definition) is 4. The smallest absolute Gasteiger partial charge is 0.253 e. The van der Waals surface area contributed by atoms with Gasteiger partial charge in [-0.25, -0.2) is 0 Å². The van der Waals surface area contributed by atoms with E-state index in [0.29, 0.717) is 18.2 Å². The number of H-pyrrole nitrogens is 1. The number of aromatic amines is 1. The lowest BCUT2D eigenvalue weighted by Gasteiger charge is -2.28. The summed E-state index contributed by atoms with van der Waals surface area (Å²) in [7, 11) is 0. The molecule has 0 unspecified atom stereocenters. The van der Waals surface area contributed by atoms with Crippen LogP contribution in [0.2, 0.25) is 0 Å². The van der Waals surface area contributed by atoms with E-state index >= 15 is 0 Å². The zero-order valence-corrected chi connectivity index (χ0v) is 20.8. The summed E-state index contributed by atoms with van der Waals surface area (Å²) in [4.78, 5) is 20.5. The fourth-order valence-electron chi connectivity index (χ4n) is 4.30. The first-order chi connectivity index (χ1) is 15.4. The van der Waals surface area contributed by atoms with E-state index in [9.17, 15) is 4.79 Å². The molecular weight excluding hydrogens is 420 g/mol. The molecule has 2 heterocycles. The van der Waals surface area contributed by atoms with Crippen LogP contribution in [0.15, 0.2) is 23.0 Å². The first-order valence-corrected chi connectivity index (χ1v) is 12.3. The Kier molecular flexibility index (Phi) is 9.08. The number of hydrogen-bond donors (Lipinski definition) is 2. The van der Waals surface area contributed by atoms with Crippen LogP contribution < -0.4 is 10.9 Å². The van der Waals surface area contributed by atoms with Gasteiger partial charge in [0.2, 0.25) is 0 Å². The minimum Gasteiger partial charge on any atom is -0.376 e. The minimum atomic E-state index is -0.0483. The third-order valence-electron chi connectivity index (χ3n) is 6.55. The van der Waals surface area contributed by atoms with Gasteiger partial charge in [-0.15, -0.1) is 0 Å². The van der Waals surface area contributed by atoms with Gasteiger partial charge in [0.15, 0.2) is 5.11 Å². The van der Waals surface area contributed by atoms with Crippen molar-refractivity contribution in [1.82, 2.24) is 20.1 Å². The highest BCUT2D eigenvalue weighted by molar-refractivity contribution is 7.80. The molecule has 32 heavy (non-hydrogen) atoms. The number of pyridine rings is 1. The van der Waals surface area contributed by atoms with Crippen molar-refractivity contribution in [2.45, 2.75) is 59.6 Å². The monoisotopic (exact) mass is 458 g/mol. The standard InChI is InChI=1S/C25H38N4O2S/c1-5-28(6-2)13-8-12-26-25(32)29(17-22-9-7-14-31-22)16-21-15-20-11-10-18(3)19(4)23(20)27-24(21)30/h10-11,15,22H,5-9,12-14,16-17H2,1-4H3,(H,26,32)(H,27,30)/t22-/m1/s1. The lowest BCUT2D eigenvalue weighted by molar-refractivity contribution is 0.0896. The molecule has 2 N–H and O–H groups in total. The van der Waals surface area contributed by atoms with Crippen LogP contribution in [-0.2, 0) is 11.3 Å². The molecule has 176 valence electrons. The van der Waals surface area contributed by atoms with Crippen molar-refractivity contribution in [3.63, 3.8) is 0 Å². The molecule has 1 aliphatic rings. The Labute approximate surface area is 197 Å². The van der Waals surface area contributed by atoms with E-state index < -0.39 is 0 Å². The molecule has 1 aromatic heterocycles. The van der Waals surface area contributed by atoms with Crippen LogP contribution in [-0.4, -0.2) is 65.3 Å². The van der Waals surface area contributed by atoms with Crippen molar-refractivity contribution < 1.29 is 4.74 Å². The lowest BCUT2D eigenvalue weighted by Crippen LogP contribution is -2.44. The van der Waals surface area contributed by atoms with E-state index in [1.807, 2.05) is 13.0 Å². The largest absolute Gasteiger partial charge is 0.376 e. The Morgan fingerprint density at radius 2 is 2.06 bits per heavy atom. The van der Waals surface area contributed by atoms with Crippen LogP contribution in [0.1, 0.15) is 49.8 Å². The number of nitrogens with one attached hydrogen (secondary N) is 2. The number of rotatable bonds is 10. The highest BCUT2D eigenvalue weighted by Crippen LogP contribution is 2.20. The number of aryl methyl sites for hydroxylation is 2. The third-order valence-corrected chi connectivity index (χ3v) is 6.95. The highest BCUT2D eigenvalue weighted by Gasteiger charge is 2.22. The minimum absolute atomic E-state index is 0.0483. The predicted octanol–water partition coefficient (Wildman–Crippen LogP) is 3.73. The summed E-state index contributed by atoms with van der Waals surface area (Å²) in [6, 6.07) is 6.18. The molecule has 1 aliphatic heterocycles. The fourth-order valence-corrected chi connectivity index (χ4v) is 4.54. The second-order valence-corrected chi connectivity index (χ2v) is 9.11. The molecule has 0 bridgehead atoms. The van der Waals surface area contributed by atoms with Crippen LogP contribution >= 0.6 is 12.2 Å². The van der Waals surface area contributed by atoms with E-state index in [0.717, 1.165) is 74.1 Å². The second kappa shape index (κ2) is 11.8. The first kappa shape index (κ1) is 24.7. The van der Waals surface area contributed by atoms with Crippen LogP contribution in [0, 0.1) is 13.8 Å². The van der Waals surface area contributed by atoms with E-state index in [1.54, 1.807) is 0 Å². The van der Waals surface area contributed by atoms with Crippen molar-refractivity contribution in [3.05, 3.63) is 45.2 Å². The van der Waals surface area contributed by atoms with Crippen molar-refractivity contribution in [2.75, 3.05) is 39.3 Å². The molecule has 0 spiro atoms. The topological polar surface area (TPSA) is 60.6 Å². The second-order valence-electron chi connectivity index (χ2n) is 8.72. The van der Waals surface area contributed by atoms with E-state index in [4.69, 9.17) is 17.0 Å². The highest BCUT2D eigenvalue weighted by atomic mass is 32.1. The number of aromatic nitrogens is 1. The number of thiocarbonyl (C=S) groups is 1. The van der Waals surface area contributed by atoms with Crippen molar-refractivity contribution in [2.24, 2.45) is 0 Å². The van der Waals surface area contributed by atoms with Gasteiger partial charge in [-0.3, -0.25) is 4.79 Å². The van der Waals surface area contributed by atoms with Gasteiger partial charge in [0.25, 0.3) is 5.56 Å². The van der Waals surface area contributed by atoms with Crippen molar-refractivity contribution >= 4 is 28.2 Å². The maximum atomic E-state index is 12.9. The number of benzene rings is 1. The zero-order valence-electron chi connectivity index (χ0n) is 20.0. The predicted molar refractivity (Wildman–Crippen MR) is 136 cm³/mol. The van der Waals surface area contributed by atoms with Crippen molar-refractivity contribution in [3.8, 4) is 0 Å². The molecule has 0 radical (unpaired) electrons. The van der Waals surface area contributed by atoms with Gasteiger partial charge in [0.05, 0.1) is 18.2 Å². The normalized spacial score (nSPS) is 16.1. The Hall–Kier alpha value is -1.96. The average Bonchev–Trinajstić information content (AvgIpc) is 3.30. The van der Waals surface area contributed by atoms with Gasteiger partial charge in [0.1, 0.15) is 0 Å². The Morgan fingerprint density at radius 1 is 1.28 bits per heavy atom. The summed E-state index contributed by atoms with van der Waals surface area (Å²) in [6.07, 6.45) is 3.31. The lowest BCUT2D eigenvalue weighted by atomic mass is 10.0. The number of nitrogens with zero attached hydrogens (tertiary/aromatic N) is 2. The van der Waals surface area contributed by atoms with Gasteiger partial charge in [-0.1, -0.05) is 26.0 Å². The maximum absolute atomic E-state index is 12.9. The van der Waals surface area contributed by atoms with Crippen LogP contribution in [0.3, 0.4) is 0 Å². The fraction of sp³-hybridized carbons (Fsp3) is 0.600. The molecular formula is C25H38N4O2S. The average molecular weight is 459 g/mol. The Balaban J connectivity index is 1.72.